The Bertz CT molecular complexity index is 498. The smallest absolute Gasteiger partial charge is 0.250 e. The number of rotatable bonds is 6. The number of oxime groups is 1. The van der Waals surface area contributed by atoms with Gasteiger partial charge in [-0.3, -0.25) is 0 Å². The number of nitrogens with two attached hydrogens (primary N) is 1. The lowest BCUT2D eigenvalue weighted by atomic mass is 10.3. The van der Waals surface area contributed by atoms with Gasteiger partial charge in [-0.05, 0) is 34.5 Å². The Morgan fingerprint density at radius 3 is 2.82 bits per heavy atom. The lowest BCUT2D eigenvalue weighted by Crippen LogP contribution is -2.25. The van der Waals surface area contributed by atoms with Crippen LogP contribution in [0.3, 0.4) is 0 Å². The minimum atomic E-state index is -3.45. The number of hydrogen-bond acceptors (Lipinski definition) is 5. The predicted octanol–water partition coefficient (Wildman–Crippen LogP) is 1.32. The Hall–Kier alpha value is -0.640. The van der Waals surface area contributed by atoms with Crippen LogP contribution in [0, 0.1) is 0 Å². The molecule has 0 saturated heterocycles. The van der Waals surface area contributed by atoms with Crippen molar-refractivity contribution in [3.63, 3.8) is 0 Å². The molecule has 0 fully saturated rings. The fourth-order valence-electron chi connectivity index (χ4n) is 1.04. The number of amidine groups is 1. The van der Waals surface area contributed by atoms with Gasteiger partial charge >= 0.3 is 0 Å². The van der Waals surface area contributed by atoms with Gasteiger partial charge in [-0.2, -0.15) is 0 Å². The highest BCUT2D eigenvalue weighted by Gasteiger charge is 2.15. The first-order chi connectivity index (χ1) is 7.95. The summed E-state index contributed by atoms with van der Waals surface area (Å²) in [6.45, 7) is 0.244. The van der Waals surface area contributed by atoms with Crippen LogP contribution < -0.4 is 10.5 Å². The Labute approximate surface area is 112 Å². The summed E-state index contributed by atoms with van der Waals surface area (Å²) in [7, 11) is -3.45. The first-order valence-corrected chi connectivity index (χ1v) is 7.76. The van der Waals surface area contributed by atoms with E-state index in [1.165, 1.54) is 6.07 Å². The minimum absolute atomic E-state index is 0.0862. The van der Waals surface area contributed by atoms with Crippen LogP contribution in [0.15, 0.2) is 25.3 Å². The molecule has 1 aromatic heterocycles. The number of sulfonamides is 1. The maximum Gasteiger partial charge on any atom is 0.250 e. The van der Waals surface area contributed by atoms with Crippen LogP contribution >= 0.6 is 27.3 Å². The highest BCUT2D eigenvalue weighted by molar-refractivity contribution is 9.11. The lowest BCUT2D eigenvalue weighted by Gasteiger charge is -2.03. The molecule has 0 atom stereocenters. The average molecular weight is 342 g/mol. The molecule has 1 heterocycles. The summed E-state index contributed by atoms with van der Waals surface area (Å²) in [5, 5.41) is 11.1. The van der Waals surface area contributed by atoms with Crippen molar-refractivity contribution in [2.75, 3.05) is 6.54 Å². The Morgan fingerprint density at radius 1 is 1.59 bits per heavy atom. The molecule has 6 nitrogen and oxygen atoms in total. The van der Waals surface area contributed by atoms with E-state index in [1.54, 1.807) is 6.07 Å². The third kappa shape index (κ3) is 4.62. The molecule has 0 aliphatic heterocycles. The summed E-state index contributed by atoms with van der Waals surface area (Å²) in [6, 6.07) is 3.20. The van der Waals surface area contributed by atoms with Crippen molar-refractivity contribution >= 4 is 43.1 Å². The van der Waals surface area contributed by atoms with Crippen LogP contribution in [-0.2, 0) is 10.0 Å². The monoisotopic (exact) mass is 341 g/mol. The zero-order chi connectivity index (χ0) is 12.9. The number of hydrogen-bond donors (Lipinski definition) is 3. The molecule has 17 heavy (non-hydrogen) atoms. The molecular weight excluding hydrogens is 330 g/mol. The molecule has 1 aromatic rings. The van der Waals surface area contributed by atoms with Crippen molar-refractivity contribution < 1.29 is 13.6 Å². The van der Waals surface area contributed by atoms with E-state index in [4.69, 9.17) is 10.9 Å². The van der Waals surface area contributed by atoms with Crippen LogP contribution in [-0.4, -0.2) is 26.0 Å². The maximum atomic E-state index is 11.7. The van der Waals surface area contributed by atoms with E-state index in [1.807, 2.05) is 0 Å². The van der Waals surface area contributed by atoms with E-state index >= 15 is 0 Å². The molecule has 0 radical (unpaired) electrons. The van der Waals surface area contributed by atoms with Gasteiger partial charge in [-0.15, -0.1) is 11.3 Å². The summed E-state index contributed by atoms with van der Waals surface area (Å²) in [4.78, 5) is 0. The van der Waals surface area contributed by atoms with Gasteiger partial charge in [0.2, 0.25) is 10.0 Å². The molecule has 1 rings (SSSR count). The summed E-state index contributed by atoms with van der Waals surface area (Å²) >= 11 is 4.34. The molecular formula is C8H12BrN3O3S2. The van der Waals surface area contributed by atoms with Crippen LogP contribution in [0.5, 0.6) is 0 Å². The van der Waals surface area contributed by atoms with Gasteiger partial charge in [-0.25, -0.2) is 13.1 Å². The molecule has 9 heteroatoms. The van der Waals surface area contributed by atoms with E-state index in [9.17, 15) is 8.42 Å². The first kappa shape index (κ1) is 14.4. The third-order valence-corrected chi connectivity index (χ3v) is 5.42. The van der Waals surface area contributed by atoms with Gasteiger partial charge in [0.05, 0.1) is 3.79 Å². The minimum Gasteiger partial charge on any atom is -0.409 e. The second kappa shape index (κ2) is 6.34. The number of thiophene rings is 1. The molecule has 96 valence electrons. The van der Waals surface area contributed by atoms with Gasteiger partial charge < -0.3 is 10.9 Å². The number of nitrogens with one attached hydrogen (secondary N) is 1. The standard InChI is InChI=1S/C8H12BrN3O3S2/c9-6-3-4-8(16-6)17(14,15)11-5-1-2-7(10)12-13/h3-4,11,13H,1-2,5H2,(H2,10,12). The average Bonchev–Trinajstić information content (AvgIpc) is 2.71. The van der Waals surface area contributed by atoms with Gasteiger partial charge in [0.1, 0.15) is 10.0 Å². The van der Waals surface area contributed by atoms with Gasteiger partial charge in [-0.1, -0.05) is 5.16 Å². The van der Waals surface area contributed by atoms with Crippen LogP contribution in [0.2, 0.25) is 0 Å². The zero-order valence-corrected chi connectivity index (χ0v) is 12.0. The molecule has 0 unspecified atom stereocenters. The highest BCUT2D eigenvalue weighted by atomic mass is 79.9. The second-order valence-corrected chi connectivity index (χ2v) is 7.61. The van der Waals surface area contributed by atoms with Crippen LogP contribution in [0.25, 0.3) is 0 Å². The van der Waals surface area contributed by atoms with Gasteiger partial charge in [0.15, 0.2) is 0 Å². The van der Waals surface area contributed by atoms with Gasteiger partial charge in [0.25, 0.3) is 0 Å². The predicted molar refractivity (Wildman–Crippen MR) is 69.9 cm³/mol. The summed E-state index contributed by atoms with van der Waals surface area (Å²) in [5.74, 6) is 0.0862. The second-order valence-electron chi connectivity index (χ2n) is 3.15. The molecule has 0 saturated carbocycles. The van der Waals surface area contributed by atoms with Crippen LogP contribution in [0.4, 0.5) is 0 Å². The Balaban J connectivity index is 2.46. The molecule has 0 bridgehead atoms. The molecule has 0 aliphatic rings. The number of nitrogens with zero attached hydrogens (tertiary/aromatic N) is 1. The van der Waals surface area contributed by atoms with Crippen LogP contribution in [0.1, 0.15) is 12.8 Å². The van der Waals surface area contributed by atoms with E-state index in [-0.39, 0.29) is 16.6 Å². The molecule has 4 N–H and O–H groups in total. The molecule has 0 spiro atoms. The SMILES string of the molecule is NC(CCCNS(=O)(=O)c1ccc(Br)s1)=NO. The normalized spacial score (nSPS) is 12.9. The lowest BCUT2D eigenvalue weighted by molar-refractivity contribution is 0.316. The molecule has 0 amide bonds. The zero-order valence-electron chi connectivity index (χ0n) is 8.76. The largest absolute Gasteiger partial charge is 0.409 e. The van der Waals surface area contributed by atoms with Crippen molar-refractivity contribution in [2.45, 2.75) is 17.1 Å². The summed E-state index contributed by atoms with van der Waals surface area (Å²) in [6.07, 6.45) is 0.814. The summed E-state index contributed by atoms with van der Waals surface area (Å²) in [5.41, 5.74) is 5.26. The van der Waals surface area contributed by atoms with Crippen molar-refractivity contribution in [2.24, 2.45) is 10.9 Å². The van der Waals surface area contributed by atoms with E-state index < -0.39 is 10.0 Å². The fraction of sp³-hybridized carbons (Fsp3) is 0.375. The summed E-state index contributed by atoms with van der Waals surface area (Å²) < 4.78 is 26.9. The Kier molecular flexibility index (Phi) is 5.37. The van der Waals surface area contributed by atoms with E-state index in [0.717, 1.165) is 15.1 Å². The Morgan fingerprint density at radius 2 is 2.29 bits per heavy atom. The number of halogens is 1. The fourth-order valence-corrected chi connectivity index (χ4v) is 4.17. The van der Waals surface area contributed by atoms with Crippen molar-refractivity contribution in [1.29, 1.82) is 0 Å². The van der Waals surface area contributed by atoms with Gasteiger partial charge in [0, 0.05) is 13.0 Å². The molecule has 0 aromatic carbocycles. The quantitative estimate of drug-likeness (QED) is 0.238. The van der Waals surface area contributed by atoms with Crippen molar-refractivity contribution in [3.8, 4) is 0 Å². The topological polar surface area (TPSA) is 105 Å². The first-order valence-electron chi connectivity index (χ1n) is 4.67. The maximum absolute atomic E-state index is 11.7. The van der Waals surface area contributed by atoms with E-state index in [2.05, 4.69) is 25.8 Å². The van der Waals surface area contributed by atoms with E-state index in [0.29, 0.717) is 12.8 Å². The molecule has 0 aliphatic carbocycles. The third-order valence-electron chi connectivity index (χ3n) is 1.84. The highest BCUT2D eigenvalue weighted by Crippen LogP contribution is 2.25. The van der Waals surface area contributed by atoms with Crippen molar-refractivity contribution in [1.82, 2.24) is 4.72 Å². The van der Waals surface area contributed by atoms with Crippen molar-refractivity contribution in [3.05, 3.63) is 15.9 Å².